The van der Waals surface area contributed by atoms with E-state index in [1.54, 1.807) is 6.92 Å². The summed E-state index contributed by atoms with van der Waals surface area (Å²) in [5.41, 5.74) is 6.59. The molecular weight excluding hydrogens is 241 g/mol. The van der Waals surface area contributed by atoms with Gasteiger partial charge < -0.3 is 20.7 Å². The van der Waals surface area contributed by atoms with Crippen LogP contribution in [0.25, 0.3) is 0 Å². The van der Waals surface area contributed by atoms with Crippen molar-refractivity contribution < 1.29 is 24.1 Å². The van der Waals surface area contributed by atoms with Crippen LogP contribution in [0.15, 0.2) is 6.07 Å². The molecule has 0 aliphatic carbocycles. The highest BCUT2D eigenvalue weighted by Crippen LogP contribution is 2.38. The lowest BCUT2D eigenvalue weighted by Gasteiger charge is -2.18. The van der Waals surface area contributed by atoms with E-state index in [1.807, 2.05) is 0 Å². The molecule has 18 heavy (non-hydrogen) atoms. The predicted molar refractivity (Wildman–Crippen MR) is 63.2 cm³/mol. The first-order valence-corrected chi connectivity index (χ1v) is 5.41. The normalized spacial score (nSPS) is 12.2. The van der Waals surface area contributed by atoms with Gasteiger partial charge in [-0.1, -0.05) is 0 Å². The third-order valence-corrected chi connectivity index (χ3v) is 2.70. The highest BCUT2D eigenvalue weighted by Gasteiger charge is 2.21. The molecule has 6 heteroatoms. The van der Waals surface area contributed by atoms with E-state index in [1.165, 1.54) is 13.2 Å². The number of aromatic hydroxyl groups is 1. The maximum Gasteiger partial charge on any atom is 0.303 e. The van der Waals surface area contributed by atoms with Crippen LogP contribution >= 0.6 is 0 Å². The average Bonchev–Trinajstić information content (AvgIpc) is 2.26. The van der Waals surface area contributed by atoms with Crippen molar-refractivity contribution in [2.45, 2.75) is 25.8 Å². The number of carbonyl (C=O) groups is 1. The van der Waals surface area contributed by atoms with Crippen LogP contribution in [-0.2, 0) is 4.79 Å². The number of phenolic OH excluding ortho intramolecular Hbond substituents is 1. The van der Waals surface area contributed by atoms with E-state index in [0.29, 0.717) is 11.1 Å². The Morgan fingerprint density at radius 1 is 1.61 bits per heavy atom. The Kier molecular flexibility index (Phi) is 4.49. The van der Waals surface area contributed by atoms with Crippen LogP contribution in [0.3, 0.4) is 0 Å². The third kappa shape index (κ3) is 2.89. The van der Waals surface area contributed by atoms with Gasteiger partial charge in [0.1, 0.15) is 0 Å². The number of halogens is 1. The zero-order chi connectivity index (χ0) is 13.9. The third-order valence-electron chi connectivity index (χ3n) is 2.70. The minimum Gasteiger partial charge on any atom is -0.504 e. The van der Waals surface area contributed by atoms with Crippen molar-refractivity contribution in [3.05, 3.63) is 23.0 Å². The van der Waals surface area contributed by atoms with Gasteiger partial charge in [0.2, 0.25) is 0 Å². The summed E-state index contributed by atoms with van der Waals surface area (Å²) >= 11 is 0. The van der Waals surface area contributed by atoms with Gasteiger partial charge in [0, 0.05) is 18.0 Å². The van der Waals surface area contributed by atoms with Crippen LogP contribution in [0.5, 0.6) is 11.5 Å². The average molecular weight is 257 g/mol. The van der Waals surface area contributed by atoms with E-state index in [0.717, 1.165) is 0 Å². The molecule has 0 amide bonds. The fourth-order valence-corrected chi connectivity index (χ4v) is 1.84. The molecule has 0 heterocycles. The lowest BCUT2D eigenvalue weighted by atomic mass is 9.96. The molecule has 1 rings (SSSR count). The molecule has 100 valence electrons. The molecule has 0 aromatic heterocycles. The van der Waals surface area contributed by atoms with E-state index in [2.05, 4.69) is 0 Å². The monoisotopic (exact) mass is 257 g/mol. The first-order chi connectivity index (χ1) is 8.38. The Labute approximate surface area is 104 Å². The van der Waals surface area contributed by atoms with Gasteiger partial charge in [0.05, 0.1) is 7.11 Å². The van der Waals surface area contributed by atoms with Crippen LogP contribution < -0.4 is 10.5 Å². The Morgan fingerprint density at radius 2 is 2.22 bits per heavy atom. The summed E-state index contributed by atoms with van der Waals surface area (Å²) in [6.45, 7) is 1.60. The van der Waals surface area contributed by atoms with Gasteiger partial charge in [-0.15, -0.1) is 0 Å². The van der Waals surface area contributed by atoms with Gasteiger partial charge in [-0.05, 0) is 25.0 Å². The van der Waals surface area contributed by atoms with Crippen molar-refractivity contribution in [3.63, 3.8) is 0 Å². The topological polar surface area (TPSA) is 92.8 Å². The molecule has 1 aromatic carbocycles. The minimum atomic E-state index is -0.975. The Balaban J connectivity index is 3.11. The lowest BCUT2D eigenvalue weighted by Crippen LogP contribution is -2.14. The van der Waals surface area contributed by atoms with Crippen molar-refractivity contribution >= 4 is 5.97 Å². The number of hydrogen-bond acceptors (Lipinski definition) is 4. The largest absolute Gasteiger partial charge is 0.504 e. The molecule has 0 saturated heterocycles. The van der Waals surface area contributed by atoms with Crippen molar-refractivity contribution in [3.8, 4) is 11.5 Å². The number of nitrogens with two attached hydrogens (primary N) is 1. The van der Waals surface area contributed by atoms with Gasteiger partial charge in [-0.2, -0.15) is 0 Å². The highest BCUT2D eigenvalue weighted by molar-refractivity contribution is 5.66. The van der Waals surface area contributed by atoms with E-state index < -0.39 is 17.8 Å². The Morgan fingerprint density at radius 3 is 2.72 bits per heavy atom. The van der Waals surface area contributed by atoms with Gasteiger partial charge in [-0.25, -0.2) is 4.39 Å². The SMILES string of the molecule is COc1c(F)cc(C)c(C(N)CCC(=O)O)c1O. The van der Waals surface area contributed by atoms with Crippen molar-refractivity contribution in [2.24, 2.45) is 5.73 Å². The fourth-order valence-electron chi connectivity index (χ4n) is 1.84. The summed E-state index contributed by atoms with van der Waals surface area (Å²) < 4.78 is 18.2. The van der Waals surface area contributed by atoms with Crippen LogP contribution in [0.1, 0.15) is 30.0 Å². The van der Waals surface area contributed by atoms with E-state index >= 15 is 0 Å². The molecule has 0 aliphatic rings. The number of aliphatic carboxylic acids is 1. The second-order valence-corrected chi connectivity index (χ2v) is 4.01. The van der Waals surface area contributed by atoms with Crippen LogP contribution in [0, 0.1) is 12.7 Å². The van der Waals surface area contributed by atoms with Crippen molar-refractivity contribution in [2.75, 3.05) is 7.11 Å². The number of benzene rings is 1. The second kappa shape index (κ2) is 5.68. The Hall–Kier alpha value is -1.82. The van der Waals surface area contributed by atoms with Gasteiger partial charge >= 0.3 is 5.97 Å². The number of rotatable bonds is 5. The fraction of sp³-hybridized carbons (Fsp3) is 0.417. The minimum absolute atomic E-state index is 0.125. The molecule has 1 atom stereocenters. The summed E-state index contributed by atoms with van der Waals surface area (Å²) in [4.78, 5) is 10.5. The zero-order valence-corrected chi connectivity index (χ0v) is 10.2. The molecule has 4 N–H and O–H groups in total. The van der Waals surface area contributed by atoms with Crippen LogP contribution in [0.2, 0.25) is 0 Å². The summed E-state index contributed by atoms with van der Waals surface area (Å²) in [7, 11) is 1.24. The van der Waals surface area contributed by atoms with Gasteiger partial charge in [-0.3, -0.25) is 4.79 Å². The number of aryl methyl sites for hydroxylation is 1. The number of hydrogen-bond donors (Lipinski definition) is 3. The number of ether oxygens (including phenoxy) is 1. The summed E-state index contributed by atoms with van der Waals surface area (Å²) in [6, 6.07) is 0.518. The summed E-state index contributed by atoms with van der Waals surface area (Å²) in [6.07, 6.45) is 0.0261. The molecule has 0 saturated carbocycles. The molecule has 1 unspecified atom stereocenters. The molecule has 0 fully saturated rings. The highest BCUT2D eigenvalue weighted by atomic mass is 19.1. The molecule has 0 bridgehead atoms. The van der Waals surface area contributed by atoms with Crippen molar-refractivity contribution in [1.82, 2.24) is 0 Å². The lowest BCUT2D eigenvalue weighted by molar-refractivity contribution is -0.137. The maximum absolute atomic E-state index is 13.4. The van der Waals surface area contributed by atoms with E-state index in [9.17, 15) is 14.3 Å². The zero-order valence-electron chi connectivity index (χ0n) is 10.2. The van der Waals surface area contributed by atoms with Crippen LogP contribution in [-0.4, -0.2) is 23.3 Å². The molecule has 1 aromatic rings. The predicted octanol–water partition coefficient (Wildman–Crippen LogP) is 1.71. The maximum atomic E-state index is 13.4. The second-order valence-electron chi connectivity index (χ2n) is 4.01. The van der Waals surface area contributed by atoms with Gasteiger partial charge in [0.25, 0.3) is 0 Å². The van der Waals surface area contributed by atoms with E-state index in [-0.39, 0.29) is 24.3 Å². The quantitative estimate of drug-likeness (QED) is 0.746. The summed E-state index contributed by atoms with van der Waals surface area (Å²) in [5, 5.41) is 18.5. The number of carboxylic acids is 1. The molecular formula is C12H16FNO4. The van der Waals surface area contributed by atoms with Gasteiger partial charge in [0.15, 0.2) is 17.3 Å². The smallest absolute Gasteiger partial charge is 0.303 e. The first-order valence-electron chi connectivity index (χ1n) is 5.41. The number of phenols is 1. The van der Waals surface area contributed by atoms with Crippen molar-refractivity contribution in [1.29, 1.82) is 0 Å². The van der Waals surface area contributed by atoms with Crippen LogP contribution in [0.4, 0.5) is 4.39 Å². The number of methoxy groups -OCH3 is 1. The first kappa shape index (κ1) is 14.2. The molecule has 0 spiro atoms. The molecule has 5 nitrogen and oxygen atoms in total. The molecule has 0 radical (unpaired) electrons. The Bertz CT molecular complexity index is 462. The standard InChI is InChI=1S/C12H16FNO4/c1-6-5-7(13)12(18-2)11(17)10(6)8(14)3-4-9(15)16/h5,8,17H,3-4,14H2,1-2H3,(H,15,16). The van der Waals surface area contributed by atoms with E-state index in [4.69, 9.17) is 15.6 Å². The number of carboxylic acid groups (broad SMARTS) is 1. The molecule has 0 aliphatic heterocycles. The summed E-state index contributed by atoms with van der Waals surface area (Å²) in [5.74, 6) is -2.30.